The molecule has 0 aromatic carbocycles. The molecular formula is C29H31FN8O2S. The Morgan fingerprint density at radius 2 is 2.12 bits per heavy atom. The van der Waals surface area contributed by atoms with E-state index in [0.29, 0.717) is 46.7 Å². The number of hydrogen-bond donors (Lipinski definition) is 1. The Bertz CT molecular complexity index is 1640. The van der Waals surface area contributed by atoms with Gasteiger partial charge in [0.05, 0.1) is 11.0 Å². The molecule has 10 nitrogen and oxygen atoms in total. The predicted octanol–water partition coefficient (Wildman–Crippen LogP) is 4.60. The number of nitrogen functional groups attached to an aromatic ring is 1. The third-order valence-corrected chi connectivity index (χ3v) is 10.0. The Morgan fingerprint density at radius 3 is 2.85 bits per heavy atom. The minimum Gasteiger partial charge on any atom is -0.473 e. The van der Waals surface area contributed by atoms with E-state index in [4.69, 9.17) is 25.0 Å². The van der Waals surface area contributed by atoms with Gasteiger partial charge >= 0.3 is 0 Å². The largest absolute Gasteiger partial charge is 0.473 e. The molecule has 1 fully saturated rings. The molecular weight excluding hydrogens is 543 g/mol. The number of fused-ring (bicyclic) bond motifs is 4. The fourth-order valence-corrected chi connectivity index (χ4v) is 8.27. The van der Waals surface area contributed by atoms with Crippen LogP contribution in [0, 0.1) is 11.3 Å². The van der Waals surface area contributed by atoms with Crippen molar-refractivity contribution in [3.05, 3.63) is 52.1 Å². The fourth-order valence-electron chi connectivity index (χ4n) is 7.11. The minimum absolute atomic E-state index is 0.0624. The molecule has 0 radical (unpaired) electrons. The van der Waals surface area contributed by atoms with Gasteiger partial charge in [0.1, 0.15) is 35.5 Å². The number of imidazole rings is 1. The highest BCUT2D eigenvalue weighted by Crippen LogP contribution is 2.55. The zero-order valence-corrected chi connectivity index (χ0v) is 23.8. The predicted molar refractivity (Wildman–Crippen MR) is 151 cm³/mol. The minimum atomic E-state index is -0.868. The van der Waals surface area contributed by atoms with Crippen LogP contribution in [0.4, 0.5) is 9.39 Å². The lowest BCUT2D eigenvalue weighted by atomic mass is 9.63. The number of likely N-dealkylation sites (tertiary alicyclic amines) is 1. The van der Waals surface area contributed by atoms with Gasteiger partial charge in [0, 0.05) is 41.5 Å². The van der Waals surface area contributed by atoms with Crippen LogP contribution in [0.3, 0.4) is 0 Å². The lowest BCUT2D eigenvalue weighted by Crippen LogP contribution is -2.38. The van der Waals surface area contributed by atoms with Crippen molar-refractivity contribution in [2.24, 2.45) is 0 Å². The average molecular weight is 575 g/mol. The molecule has 7 rings (SSSR count). The molecule has 1 saturated heterocycles. The Morgan fingerprint density at radius 1 is 1.29 bits per heavy atom. The SMILES string of the molecule is C[C@H](Oc1cc(-n2ccnc2)nc(-c2noc3c2CCC[C@@]32CCCc3sc(N)c(C#N)c32)n1)[C@@H]1C[C@@H](F)CN1C. The van der Waals surface area contributed by atoms with Gasteiger partial charge in [-0.25, -0.2) is 14.4 Å². The molecule has 4 aromatic heterocycles. The normalized spacial score (nSPS) is 24.6. The van der Waals surface area contributed by atoms with E-state index in [1.807, 2.05) is 18.9 Å². The standard InChI is InChI=1S/C29H31FN8O2S/c1-16(20-11-17(30)14-37(20)2)39-23-12-22(38-10-9-33-15-38)34-28(35-23)25-18-5-3-7-29(26(18)40-36-25)8-4-6-21-24(29)19(13-31)27(32)41-21/h9-10,12,15-17,20H,3-8,11,14,32H2,1-2H3/t16-,17+,20-,29-/m0/s1. The number of anilines is 1. The van der Waals surface area contributed by atoms with Crippen molar-refractivity contribution < 1.29 is 13.7 Å². The summed E-state index contributed by atoms with van der Waals surface area (Å²) in [6, 6.07) is 4.07. The summed E-state index contributed by atoms with van der Waals surface area (Å²) in [5.41, 5.74) is 9.01. The summed E-state index contributed by atoms with van der Waals surface area (Å²) >= 11 is 1.52. The number of hydrogen-bond acceptors (Lipinski definition) is 10. The summed E-state index contributed by atoms with van der Waals surface area (Å²) in [7, 11) is 1.92. The Kier molecular flexibility index (Phi) is 6.32. The van der Waals surface area contributed by atoms with Gasteiger partial charge in [-0.15, -0.1) is 11.3 Å². The van der Waals surface area contributed by atoms with E-state index < -0.39 is 11.6 Å². The quantitative estimate of drug-likeness (QED) is 0.363. The number of alkyl halides is 1. The Hall–Kier alpha value is -3.82. The van der Waals surface area contributed by atoms with Crippen molar-refractivity contribution in [1.82, 2.24) is 29.6 Å². The van der Waals surface area contributed by atoms with Crippen molar-refractivity contribution in [1.29, 1.82) is 5.26 Å². The number of nitrogens with two attached hydrogens (primary N) is 1. The van der Waals surface area contributed by atoms with Gasteiger partial charge in [0.2, 0.25) is 5.88 Å². The maximum absolute atomic E-state index is 14.1. The third kappa shape index (κ3) is 4.21. The molecule has 4 atom stereocenters. The van der Waals surface area contributed by atoms with Crippen molar-refractivity contribution in [3.8, 4) is 29.3 Å². The molecule has 5 heterocycles. The summed E-state index contributed by atoms with van der Waals surface area (Å²) in [6.07, 6.45) is 9.75. The molecule has 0 saturated carbocycles. The number of thiophene rings is 1. The van der Waals surface area contributed by atoms with Crippen LogP contribution in [0.15, 0.2) is 29.3 Å². The van der Waals surface area contributed by atoms with Gasteiger partial charge in [-0.2, -0.15) is 10.2 Å². The van der Waals surface area contributed by atoms with Crippen molar-refractivity contribution in [2.45, 2.75) is 75.6 Å². The number of rotatable bonds is 5. The maximum Gasteiger partial charge on any atom is 0.219 e. The van der Waals surface area contributed by atoms with Gasteiger partial charge in [-0.3, -0.25) is 9.47 Å². The van der Waals surface area contributed by atoms with E-state index in [1.54, 1.807) is 29.4 Å². The number of aryl methyl sites for hydroxylation is 1. The summed E-state index contributed by atoms with van der Waals surface area (Å²) in [5, 5.41) is 15.1. The topological polar surface area (TPSA) is 132 Å². The van der Waals surface area contributed by atoms with Gasteiger partial charge in [-0.05, 0) is 64.5 Å². The van der Waals surface area contributed by atoms with Crippen molar-refractivity contribution in [2.75, 3.05) is 19.3 Å². The molecule has 1 aliphatic heterocycles. The highest BCUT2D eigenvalue weighted by Gasteiger charge is 2.49. The first kappa shape index (κ1) is 26.1. The molecule has 12 heteroatoms. The summed E-state index contributed by atoms with van der Waals surface area (Å²) in [5.74, 6) is 2.15. The van der Waals surface area contributed by atoms with Crippen LogP contribution in [0.2, 0.25) is 0 Å². The molecule has 0 amide bonds. The number of nitrogens with zero attached hydrogens (tertiary/aromatic N) is 7. The van der Waals surface area contributed by atoms with E-state index in [1.165, 1.54) is 16.2 Å². The van der Waals surface area contributed by atoms with Crippen molar-refractivity contribution >= 4 is 16.3 Å². The molecule has 41 heavy (non-hydrogen) atoms. The molecule has 2 N–H and O–H groups in total. The van der Waals surface area contributed by atoms with Gasteiger partial charge in [-0.1, -0.05) is 5.16 Å². The van der Waals surface area contributed by atoms with Gasteiger partial charge < -0.3 is 15.0 Å². The molecule has 3 aliphatic rings. The Labute approximate surface area is 241 Å². The van der Waals surface area contributed by atoms with E-state index in [-0.39, 0.29) is 12.1 Å². The van der Waals surface area contributed by atoms with Crippen LogP contribution >= 0.6 is 11.3 Å². The van der Waals surface area contributed by atoms with E-state index in [9.17, 15) is 9.65 Å². The molecule has 2 aliphatic carbocycles. The first-order valence-electron chi connectivity index (χ1n) is 14.1. The second-order valence-corrected chi connectivity index (χ2v) is 12.5. The van der Waals surface area contributed by atoms with Crippen molar-refractivity contribution in [3.63, 3.8) is 0 Å². The molecule has 4 aromatic rings. The lowest BCUT2D eigenvalue weighted by molar-refractivity contribution is 0.117. The number of aromatic nitrogens is 5. The lowest BCUT2D eigenvalue weighted by Gasteiger charge is -2.39. The summed E-state index contributed by atoms with van der Waals surface area (Å²) in [6.45, 7) is 2.34. The highest BCUT2D eigenvalue weighted by molar-refractivity contribution is 7.16. The summed E-state index contributed by atoms with van der Waals surface area (Å²) < 4.78 is 28.4. The van der Waals surface area contributed by atoms with Gasteiger partial charge in [0.25, 0.3) is 0 Å². The molecule has 212 valence electrons. The van der Waals surface area contributed by atoms with E-state index >= 15 is 0 Å². The van der Waals surface area contributed by atoms with Crippen LogP contribution in [-0.2, 0) is 18.3 Å². The second-order valence-electron chi connectivity index (χ2n) is 11.4. The van der Waals surface area contributed by atoms with Crippen LogP contribution < -0.4 is 10.5 Å². The molecule has 0 unspecified atom stereocenters. The van der Waals surface area contributed by atoms with E-state index in [2.05, 4.69) is 16.2 Å². The average Bonchev–Trinajstić information content (AvgIpc) is 3.75. The summed E-state index contributed by atoms with van der Waals surface area (Å²) in [4.78, 5) is 17.0. The maximum atomic E-state index is 14.1. The fraction of sp³-hybridized carbons (Fsp3) is 0.483. The zero-order valence-electron chi connectivity index (χ0n) is 23.0. The third-order valence-electron chi connectivity index (χ3n) is 8.93. The smallest absolute Gasteiger partial charge is 0.219 e. The van der Waals surface area contributed by atoms with E-state index in [0.717, 1.165) is 55.4 Å². The highest BCUT2D eigenvalue weighted by atomic mass is 32.1. The monoisotopic (exact) mass is 574 g/mol. The van der Waals surface area contributed by atoms with Crippen LogP contribution in [0.25, 0.3) is 17.3 Å². The Balaban J connectivity index is 1.31. The second kappa shape index (κ2) is 9.92. The number of nitriles is 1. The molecule has 1 spiro atoms. The number of ether oxygens (including phenoxy) is 1. The van der Waals surface area contributed by atoms with Crippen LogP contribution in [0.1, 0.15) is 66.4 Å². The van der Waals surface area contributed by atoms with Crippen LogP contribution in [0.5, 0.6) is 5.88 Å². The first-order chi connectivity index (χ1) is 19.9. The van der Waals surface area contributed by atoms with Crippen LogP contribution in [-0.4, -0.2) is 61.5 Å². The molecule has 0 bridgehead atoms. The number of halogens is 1. The van der Waals surface area contributed by atoms with Gasteiger partial charge in [0.15, 0.2) is 17.3 Å². The first-order valence-corrected chi connectivity index (χ1v) is 14.9. The zero-order chi connectivity index (χ0) is 28.3. The number of likely N-dealkylation sites (N-methyl/N-ethyl adjacent to an activating group) is 1.